The zero-order valence-electron chi connectivity index (χ0n) is 30.2. The average molecular weight is 750 g/mol. The minimum absolute atomic E-state index is 0.0670. The molecule has 52 heavy (non-hydrogen) atoms. The summed E-state index contributed by atoms with van der Waals surface area (Å²) < 4.78 is 47.1. The lowest BCUT2D eigenvalue weighted by atomic mass is 9.62. The molecule has 1 saturated carbocycles. The maximum atomic E-state index is 13.6. The maximum Gasteiger partial charge on any atom is 0.264 e. The van der Waals surface area contributed by atoms with Crippen LogP contribution in [0.25, 0.3) is 0 Å². The van der Waals surface area contributed by atoms with Crippen LogP contribution in [0.2, 0.25) is 5.02 Å². The van der Waals surface area contributed by atoms with Gasteiger partial charge in [0.15, 0.2) is 6.29 Å². The fourth-order valence-electron chi connectivity index (χ4n) is 8.75. The van der Waals surface area contributed by atoms with Crippen LogP contribution in [0.15, 0.2) is 67.0 Å². The molecule has 1 unspecified atom stereocenters. The van der Waals surface area contributed by atoms with E-state index >= 15 is 0 Å². The topological polar surface area (TPSA) is 127 Å². The number of fused-ring (bicyclic) bond motifs is 4. The monoisotopic (exact) mass is 749 g/mol. The number of aliphatic hydroxyl groups is 1. The van der Waals surface area contributed by atoms with Crippen molar-refractivity contribution >= 4 is 33.2 Å². The van der Waals surface area contributed by atoms with Crippen molar-refractivity contribution in [3.05, 3.63) is 99.9 Å². The third-order valence-corrected chi connectivity index (χ3v) is 14.2. The van der Waals surface area contributed by atoms with E-state index in [-0.39, 0.29) is 28.7 Å². The Hall–Kier alpha value is -3.48. The van der Waals surface area contributed by atoms with Gasteiger partial charge in [0.1, 0.15) is 11.4 Å². The summed E-state index contributed by atoms with van der Waals surface area (Å²) in [7, 11) is -0.919. The second kappa shape index (κ2) is 14.4. The van der Waals surface area contributed by atoms with Crippen LogP contribution in [0.1, 0.15) is 84.9 Å². The Morgan fingerprint density at radius 3 is 2.65 bits per heavy atom. The Labute approximate surface area is 311 Å². The van der Waals surface area contributed by atoms with Gasteiger partial charge in [0.25, 0.3) is 5.91 Å². The molecule has 3 heterocycles. The SMILES string of the molecule is COC(OC)c1cncc([C@@]2(O)/C=C/C[C@H](C)[C@@H](C)S(=O)(=O)NC(=O)c3ccc4c(c3)N(C[C@@H]3CCC32)C[C@@]2(CCCc3cc(Cl)ccc32)CO4)c1. The number of ether oxygens (including phenoxy) is 3. The zero-order chi connectivity index (χ0) is 36.8. The molecule has 278 valence electrons. The third kappa shape index (κ3) is 6.75. The summed E-state index contributed by atoms with van der Waals surface area (Å²) in [4.78, 5) is 20.4. The Morgan fingerprint density at radius 2 is 1.90 bits per heavy atom. The second-order valence-electron chi connectivity index (χ2n) is 15.2. The molecule has 6 atom stereocenters. The molecule has 2 aromatic carbocycles. The molecule has 1 spiro atoms. The van der Waals surface area contributed by atoms with Crippen molar-refractivity contribution < 1.29 is 32.5 Å². The average Bonchev–Trinajstić information content (AvgIpc) is 3.26. The number of carbonyl (C=O) groups is 1. The van der Waals surface area contributed by atoms with Gasteiger partial charge in [0.05, 0.1) is 17.5 Å². The summed E-state index contributed by atoms with van der Waals surface area (Å²) in [6.45, 7) is 5.09. The Balaban J connectivity index is 1.35. The van der Waals surface area contributed by atoms with Gasteiger partial charge < -0.3 is 24.2 Å². The van der Waals surface area contributed by atoms with Crippen LogP contribution in [0, 0.1) is 17.8 Å². The molecule has 10 nitrogen and oxygen atoms in total. The molecule has 2 bridgehead atoms. The molecule has 2 aliphatic carbocycles. The number of benzene rings is 2. The van der Waals surface area contributed by atoms with Gasteiger partial charge in [-0.3, -0.25) is 9.78 Å². The van der Waals surface area contributed by atoms with Crippen LogP contribution < -0.4 is 14.4 Å². The van der Waals surface area contributed by atoms with Crippen molar-refractivity contribution in [2.24, 2.45) is 17.8 Å². The highest BCUT2D eigenvalue weighted by Crippen LogP contribution is 2.51. The van der Waals surface area contributed by atoms with Crippen LogP contribution in [0.3, 0.4) is 0 Å². The zero-order valence-corrected chi connectivity index (χ0v) is 31.8. The number of methoxy groups -OCH3 is 2. The van der Waals surface area contributed by atoms with Gasteiger partial charge in [-0.2, -0.15) is 0 Å². The number of anilines is 1. The van der Waals surface area contributed by atoms with E-state index in [0.29, 0.717) is 48.0 Å². The fraction of sp³-hybridized carbons (Fsp3) is 0.500. The largest absolute Gasteiger partial charge is 0.490 e. The molecular weight excluding hydrogens is 702 g/mol. The van der Waals surface area contributed by atoms with E-state index in [0.717, 1.165) is 37.8 Å². The Bertz CT molecular complexity index is 1970. The molecule has 1 aromatic heterocycles. The van der Waals surface area contributed by atoms with Crippen LogP contribution >= 0.6 is 11.6 Å². The highest BCUT2D eigenvalue weighted by Gasteiger charge is 2.49. The van der Waals surface area contributed by atoms with Crippen LogP contribution in [0.4, 0.5) is 5.69 Å². The number of halogens is 1. The van der Waals surface area contributed by atoms with Gasteiger partial charge in [-0.05, 0) is 105 Å². The predicted octanol–water partition coefficient (Wildman–Crippen LogP) is 6.46. The molecular formula is C40H48ClN3O7S. The number of aryl methyl sites for hydroxylation is 1. The molecule has 12 heteroatoms. The lowest BCUT2D eigenvalue weighted by Crippen LogP contribution is -2.51. The molecule has 0 radical (unpaired) electrons. The Kier molecular flexibility index (Phi) is 10.2. The van der Waals surface area contributed by atoms with Crippen molar-refractivity contribution in [2.45, 2.75) is 74.9 Å². The quantitative estimate of drug-likeness (QED) is 0.228. The van der Waals surface area contributed by atoms with Crippen molar-refractivity contribution in [1.29, 1.82) is 0 Å². The molecule has 4 aliphatic rings. The van der Waals surface area contributed by atoms with Crippen LogP contribution in [0.5, 0.6) is 5.75 Å². The highest BCUT2D eigenvalue weighted by atomic mass is 35.5. The highest BCUT2D eigenvalue weighted by molar-refractivity contribution is 7.90. The third-order valence-electron chi connectivity index (χ3n) is 12.1. The molecule has 2 N–H and O–H groups in total. The first-order chi connectivity index (χ1) is 24.9. The molecule has 1 amide bonds. The second-order valence-corrected chi connectivity index (χ2v) is 17.6. The minimum atomic E-state index is -4.04. The van der Waals surface area contributed by atoms with Crippen LogP contribution in [-0.2, 0) is 36.9 Å². The van der Waals surface area contributed by atoms with Gasteiger partial charge in [-0.1, -0.05) is 36.7 Å². The maximum absolute atomic E-state index is 13.6. The molecule has 2 aliphatic heterocycles. The molecule has 7 rings (SSSR count). The predicted molar refractivity (Wildman–Crippen MR) is 200 cm³/mol. The van der Waals surface area contributed by atoms with Gasteiger partial charge in [0, 0.05) is 72.7 Å². The standard InChI is InChI=1S/C40H48ClN3O7S/c1-25-7-5-16-40(46,31-17-30(20-42-21-31)38(49-3)50-4)34-12-9-29(34)22-44-23-39(15-6-8-27-18-32(41)11-13-33(27)39)24-51-36-14-10-28(19-35(36)44)37(45)43-52(47,48)26(25)2/h5,10-11,13-14,16-21,25-26,29,34,38,46H,6-9,12,15,22-24H2,1-4H3,(H,43,45)/b16-5+/t25-,26+,29-,34?,39-,40-/m0/s1. The number of nitrogens with zero attached hydrogens (tertiary/aromatic N) is 2. The van der Waals surface area contributed by atoms with E-state index in [4.69, 9.17) is 25.8 Å². The van der Waals surface area contributed by atoms with Crippen molar-refractivity contribution in [1.82, 2.24) is 9.71 Å². The number of aromatic nitrogens is 1. The molecule has 0 saturated heterocycles. The number of carbonyl (C=O) groups excluding carboxylic acids is 1. The van der Waals surface area contributed by atoms with E-state index in [1.165, 1.54) is 11.1 Å². The first-order valence-corrected chi connectivity index (χ1v) is 20.1. The van der Waals surface area contributed by atoms with E-state index in [9.17, 15) is 18.3 Å². The smallest absolute Gasteiger partial charge is 0.264 e. The number of hydrogen-bond donors (Lipinski definition) is 2. The summed E-state index contributed by atoms with van der Waals surface area (Å²) in [6, 6.07) is 13.2. The number of nitrogens with one attached hydrogen (secondary N) is 1. The molecule has 3 aromatic rings. The summed E-state index contributed by atoms with van der Waals surface area (Å²) >= 11 is 6.47. The lowest BCUT2D eigenvalue weighted by molar-refractivity contribution is -0.106. The van der Waals surface area contributed by atoms with Gasteiger partial charge in [0.2, 0.25) is 10.0 Å². The van der Waals surface area contributed by atoms with E-state index in [1.54, 1.807) is 51.7 Å². The van der Waals surface area contributed by atoms with Gasteiger partial charge >= 0.3 is 0 Å². The number of rotatable bonds is 4. The molecule has 1 fully saturated rings. The summed E-state index contributed by atoms with van der Waals surface area (Å²) in [5, 5.41) is 12.7. The number of amides is 1. The van der Waals surface area contributed by atoms with Crippen molar-refractivity contribution in [2.75, 3.05) is 38.8 Å². The van der Waals surface area contributed by atoms with Gasteiger partial charge in [-0.15, -0.1) is 0 Å². The van der Waals surface area contributed by atoms with E-state index in [2.05, 4.69) is 26.7 Å². The minimum Gasteiger partial charge on any atom is -0.490 e. The summed E-state index contributed by atoms with van der Waals surface area (Å²) in [6.07, 6.45) is 11.3. The number of allylic oxidation sites excluding steroid dienone is 1. The number of hydrogen-bond acceptors (Lipinski definition) is 9. The van der Waals surface area contributed by atoms with E-state index < -0.39 is 33.1 Å². The number of sulfonamides is 1. The van der Waals surface area contributed by atoms with Crippen LogP contribution in [-0.4, -0.2) is 63.6 Å². The Morgan fingerprint density at radius 1 is 1.10 bits per heavy atom. The normalized spacial score (nSPS) is 30.7. The van der Waals surface area contributed by atoms with E-state index in [1.807, 2.05) is 31.2 Å². The van der Waals surface area contributed by atoms with Gasteiger partial charge in [-0.25, -0.2) is 13.1 Å². The number of pyridine rings is 1. The first-order valence-electron chi connectivity index (χ1n) is 18.1. The first kappa shape index (κ1) is 36.9. The summed E-state index contributed by atoms with van der Waals surface area (Å²) in [5.41, 5.74) is 2.94. The fourth-order valence-corrected chi connectivity index (χ4v) is 10.2. The summed E-state index contributed by atoms with van der Waals surface area (Å²) in [5.74, 6) is -0.506. The lowest BCUT2D eigenvalue weighted by Gasteiger charge is -2.49. The van der Waals surface area contributed by atoms with Crippen molar-refractivity contribution in [3.8, 4) is 5.75 Å². The van der Waals surface area contributed by atoms with Crippen molar-refractivity contribution in [3.63, 3.8) is 0 Å².